The van der Waals surface area contributed by atoms with E-state index in [-0.39, 0.29) is 23.9 Å². The average molecular weight is 262 g/mol. The summed E-state index contributed by atoms with van der Waals surface area (Å²) in [6.45, 7) is 1.77. The molecule has 0 aliphatic carbocycles. The van der Waals surface area contributed by atoms with Crippen LogP contribution in [0.25, 0.3) is 0 Å². The highest BCUT2D eigenvalue weighted by atomic mass is 16.2. The van der Waals surface area contributed by atoms with Crippen LogP contribution < -0.4 is 0 Å². The minimum atomic E-state index is 0.109. The predicted octanol–water partition coefficient (Wildman–Crippen LogP) is 1.40. The van der Waals surface area contributed by atoms with Gasteiger partial charge in [0.15, 0.2) is 0 Å². The molecule has 4 aliphatic rings. The molecule has 0 N–H and O–H groups in total. The fraction of sp³-hybridized carbons (Fsp3) is 0.867. The Hall–Kier alpha value is -1.06. The van der Waals surface area contributed by atoms with Crippen molar-refractivity contribution in [3.8, 4) is 0 Å². The third kappa shape index (κ3) is 1.58. The molecule has 19 heavy (non-hydrogen) atoms. The van der Waals surface area contributed by atoms with Crippen LogP contribution in [0.1, 0.15) is 44.9 Å². The second-order valence-electron chi connectivity index (χ2n) is 6.64. The van der Waals surface area contributed by atoms with Crippen LogP contribution in [-0.2, 0) is 9.59 Å². The highest BCUT2D eigenvalue weighted by Crippen LogP contribution is 2.43. The molecule has 4 heteroatoms. The lowest BCUT2D eigenvalue weighted by atomic mass is 9.70. The minimum Gasteiger partial charge on any atom is -0.339 e. The van der Waals surface area contributed by atoms with Crippen molar-refractivity contribution < 1.29 is 9.59 Å². The van der Waals surface area contributed by atoms with E-state index in [1.54, 1.807) is 0 Å². The van der Waals surface area contributed by atoms with Gasteiger partial charge >= 0.3 is 0 Å². The topological polar surface area (TPSA) is 40.6 Å². The average Bonchev–Trinajstić information content (AvgIpc) is 2.47. The Morgan fingerprint density at radius 1 is 0.737 bits per heavy atom. The Kier molecular flexibility index (Phi) is 2.61. The second-order valence-corrected chi connectivity index (χ2v) is 6.64. The van der Waals surface area contributed by atoms with Crippen molar-refractivity contribution >= 4 is 11.8 Å². The number of carbonyl (C=O) groups is 2. The Balaban J connectivity index is 1.70. The van der Waals surface area contributed by atoms with E-state index < -0.39 is 0 Å². The van der Waals surface area contributed by atoms with Crippen molar-refractivity contribution in [3.63, 3.8) is 0 Å². The highest BCUT2D eigenvalue weighted by Gasteiger charge is 2.54. The molecule has 4 fully saturated rings. The molecule has 0 spiro atoms. The van der Waals surface area contributed by atoms with Gasteiger partial charge in [-0.1, -0.05) is 0 Å². The third-order valence-electron chi connectivity index (χ3n) is 5.74. The molecule has 2 bridgehead atoms. The summed E-state index contributed by atoms with van der Waals surface area (Å²) in [6, 6.07) is 0.431. The van der Waals surface area contributed by atoms with Crippen LogP contribution in [0.2, 0.25) is 0 Å². The number of hydrogen-bond acceptors (Lipinski definition) is 2. The van der Waals surface area contributed by atoms with Crippen molar-refractivity contribution in [3.05, 3.63) is 0 Å². The van der Waals surface area contributed by atoms with Crippen LogP contribution in [-0.4, -0.2) is 46.8 Å². The fourth-order valence-corrected chi connectivity index (χ4v) is 4.84. The maximum Gasteiger partial charge on any atom is 0.228 e. The Bertz CT molecular complexity index is 384. The highest BCUT2D eigenvalue weighted by molar-refractivity contribution is 5.89. The van der Waals surface area contributed by atoms with Gasteiger partial charge in [0, 0.05) is 25.2 Å². The minimum absolute atomic E-state index is 0.109. The zero-order valence-corrected chi connectivity index (χ0v) is 11.4. The molecule has 0 aromatic heterocycles. The molecular formula is C15H22N2O2. The van der Waals surface area contributed by atoms with E-state index in [1.807, 2.05) is 0 Å². The first-order valence-corrected chi connectivity index (χ1v) is 7.88. The Labute approximate surface area is 114 Å². The molecule has 2 amide bonds. The van der Waals surface area contributed by atoms with E-state index in [0.29, 0.717) is 11.8 Å². The van der Waals surface area contributed by atoms with Crippen LogP contribution in [0.5, 0.6) is 0 Å². The van der Waals surface area contributed by atoms with Gasteiger partial charge in [-0.15, -0.1) is 0 Å². The summed E-state index contributed by atoms with van der Waals surface area (Å²) in [5.74, 6) is 0.922. The van der Waals surface area contributed by atoms with Gasteiger partial charge in [0.1, 0.15) is 0 Å². The first-order chi connectivity index (χ1) is 9.27. The van der Waals surface area contributed by atoms with Crippen LogP contribution in [0.15, 0.2) is 0 Å². The number of carbonyl (C=O) groups excluding carboxylic acids is 2. The summed E-state index contributed by atoms with van der Waals surface area (Å²) in [7, 11) is 0. The number of piperidine rings is 4. The van der Waals surface area contributed by atoms with Crippen LogP contribution in [0, 0.1) is 11.8 Å². The number of rotatable bonds is 0. The largest absolute Gasteiger partial charge is 0.339 e. The molecule has 4 atom stereocenters. The van der Waals surface area contributed by atoms with E-state index in [0.717, 1.165) is 45.2 Å². The molecule has 0 aromatic carbocycles. The van der Waals surface area contributed by atoms with Crippen LogP contribution in [0.4, 0.5) is 0 Å². The fourth-order valence-electron chi connectivity index (χ4n) is 4.84. The molecule has 4 saturated heterocycles. The third-order valence-corrected chi connectivity index (χ3v) is 5.74. The molecule has 0 unspecified atom stereocenters. The standard InChI is InChI=1S/C15H22N2O2/c18-14-10-9-11(13-6-2-4-8-17(13)14)15(19)16-7-3-1-5-12(10)16/h10-13H,1-9H2/t10-,11-,12+,13+/m1/s1. The van der Waals surface area contributed by atoms with Gasteiger partial charge in [0.25, 0.3) is 0 Å². The molecule has 4 heterocycles. The van der Waals surface area contributed by atoms with Crippen molar-refractivity contribution in [1.29, 1.82) is 0 Å². The lowest BCUT2D eigenvalue weighted by Gasteiger charge is -2.55. The maximum atomic E-state index is 12.7. The number of nitrogens with zero attached hydrogens (tertiary/aromatic N) is 2. The summed E-state index contributed by atoms with van der Waals surface area (Å²) in [5.41, 5.74) is 0. The molecular weight excluding hydrogens is 240 g/mol. The SMILES string of the molecule is O=C1[C@@H]2C[C@@H](C(=O)N3CCCC[C@@H]23)[C@@H]2CCCCN12. The van der Waals surface area contributed by atoms with Gasteiger partial charge in [0.2, 0.25) is 11.8 Å². The van der Waals surface area contributed by atoms with Gasteiger partial charge < -0.3 is 9.80 Å². The predicted molar refractivity (Wildman–Crippen MR) is 70.3 cm³/mol. The zero-order chi connectivity index (χ0) is 13.0. The van der Waals surface area contributed by atoms with Gasteiger partial charge in [-0.3, -0.25) is 9.59 Å². The summed E-state index contributed by atoms with van der Waals surface area (Å²) in [4.78, 5) is 29.6. The first-order valence-electron chi connectivity index (χ1n) is 7.88. The Morgan fingerprint density at radius 3 is 1.68 bits per heavy atom. The summed E-state index contributed by atoms with van der Waals surface area (Å²) in [6.07, 6.45) is 7.48. The lowest BCUT2D eigenvalue weighted by molar-refractivity contribution is -0.170. The lowest BCUT2D eigenvalue weighted by Crippen LogP contribution is -2.67. The number of fused-ring (bicyclic) bond motifs is 6. The monoisotopic (exact) mass is 262 g/mol. The van der Waals surface area contributed by atoms with Crippen LogP contribution in [0.3, 0.4) is 0 Å². The molecule has 104 valence electrons. The smallest absolute Gasteiger partial charge is 0.228 e. The quantitative estimate of drug-likeness (QED) is 0.662. The molecule has 4 rings (SSSR count). The normalized spacial score (nSPS) is 41.9. The van der Waals surface area contributed by atoms with Gasteiger partial charge in [-0.25, -0.2) is 0 Å². The van der Waals surface area contributed by atoms with Crippen molar-refractivity contribution in [2.45, 2.75) is 57.0 Å². The summed E-state index contributed by atoms with van der Waals surface area (Å²) < 4.78 is 0. The maximum absolute atomic E-state index is 12.7. The van der Waals surface area contributed by atoms with E-state index in [4.69, 9.17) is 0 Å². The molecule has 0 radical (unpaired) electrons. The van der Waals surface area contributed by atoms with Crippen molar-refractivity contribution in [2.75, 3.05) is 13.1 Å². The van der Waals surface area contributed by atoms with E-state index in [9.17, 15) is 9.59 Å². The van der Waals surface area contributed by atoms with E-state index >= 15 is 0 Å². The number of hydrogen-bond donors (Lipinski definition) is 0. The first kappa shape index (κ1) is 11.7. The number of amides is 2. The van der Waals surface area contributed by atoms with Crippen molar-refractivity contribution in [1.82, 2.24) is 9.80 Å². The van der Waals surface area contributed by atoms with Gasteiger partial charge in [0.05, 0.1) is 11.8 Å². The van der Waals surface area contributed by atoms with Crippen LogP contribution >= 0.6 is 0 Å². The van der Waals surface area contributed by atoms with Gasteiger partial charge in [-0.05, 0) is 44.9 Å². The van der Waals surface area contributed by atoms with Crippen molar-refractivity contribution in [2.24, 2.45) is 11.8 Å². The van der Waals surface area contributed by atoms with E-state index in [2.05, 4.69) is 9.80 Å². The molecule has 4 aliphatic heterocycles. The Morgan fingerprint density at radius 2 is 1.21 bits per heavy atom. The van der Waals surface area contributed by atoms with E-state index in [1.165, 1.54) is 12.8 Å². The molecule has 0 aromatic rings. The molecule has 0 saturated carbocycles. The zero-order valence-electron chi connectivity index (χ0n) is 11.4. The summed E-state index contributed by atoms with van der Waals surface area (Å²) in [5, 5.41) is 0. The second kappa shape index (κ2) is 4.22. The summed E-state index contributed by atoms with van der Waals surface area (Å²) >= 11 is 0. The van der Waals surface area contributed by atoms with Gasteiger partial charge in [-0.2, -0.15) is 0 Å². The molecule has 4 nitrogen and oxygen atoms in total.